The molecule has 2 N–H and O–H groups in total. The van der Waals surface area contributed by atoms with Gasteiger partial charge in [0.25, 0.3) is 5.91 Å². The molecule has 0 unspecified atom stereocenters. The van der Waals surface area contributed by atoms with Crippen LogP contribution in [0.1, 0.15) is 5.56 Å². The minimum Gasteiger partial charge on any atom is -0.504 e. The van der Waals surface area contributed by atoms with E-state index in [1.165, 1.54) is 13.2 Å². The number of anilines is 1. The van der Waals surface area contributed by atoms with Crippen molar-refractivity contribution in [3.05, 3.63) is 56.5 Å². The van der Waals surface area contributed by atoms with Crippen molar-refractivity contribution in [3.8, 4) is 17.6 Å². The maximum atomic E-state index is 12.2. The Morgan fingerprint density at radius 1 is 1.25 bits per heavy atom. The Morgan fingerprint density at radius 3 is 2.50 bits per heavy atom. The molecule has 122 valence electrons. The molecule has 0 atom stereocenters. The number of phenols is 1. The molecule has 2 rings (SSSR count). The fourth-order valence-corrected chi connectivity index (χ4v) is 2.61. The van der Waals surface area contributed by atoms with Crippen molar-refractivity contribution < 1.29 is 14.6 Å². The number of nitriles is 1. The molecule has 0 radical (unpaired) electrons. The third-order valence-electron chi connectivity index (χ3n) is 3.06. The maximum Gasteiger partial charge on any atom is 0.266 e. The third kappa shape index (κ3) is 4.37. The van der Waals surface area contributed by atoms with Gasteiger partial charge in [-0.2, -0.15) is 5.26 Å². The smallest absolute Gasteiger partial charge is 0.266 e. The predicted molar refractivity (Wildman–Crippen MR) is 98.7 cm³/mol. The molecule has 0 aromatic heterocycles. The Hall–Kier alpha value is -2.30. The molecule has 0 saturated carbocycles. The van der Waals surface area contributed by atoms with E-state index >= 15 is 0 Å². The van der Waals surface area contributed by atoms with Crippen LogP contribution in [0.25, 0.3) is 6.08 Å². The molecule has 0 aliphatic heterocycles. The SMILES string of the molecule is COc1cc(Br)cc(/C=C(/C#N)C(=O)Nc2ccc(Br)cc2)c1O. The number of carbonyl (C=O) groups excluding carboxylic acids is 1. The quantitative estimate of drug-likeness (QED) is 0.530. The zero-order valence-electron chi connectivity index (χ0n) is 12.5. The van der Waals surface area contributed by atoms with E-state index in [2.05, 4.69) is 37.2 Å². The lowest BCUT2D eigenvalue weighted by Gasteiger charge is -2.08. The van der Waals surface area contributed by atoms with Gasteiger partial charge in [0.1, 0.15) is 11.6 Å². The summed E-state index contributed by atoms with van der Waals surface area (Å²) in [5.41, 5.74) is 0.706. The number of ether oxygens (including phenoxy) is 1. The number of rotatable bonds is 4. The number of nitrogens with zero attached hydrogens (tertiary/aromatic N) is 1. The largest absolute Gasteiger partial charge is 0.504 e. The molecule has 0 aliphatic rings. The van der Waals surface area contributed by atoms with Crippen molar-refractivity contribution in [1.82, 2.24) is 0 Å². The highest BCUT2D eigenvalue weighted by atomic mass is 79.9. The van der Waals surface area contributed by atoms with E-state index < -0.39 is 5.91 Å². The van der Waals surface area contributed by atoms with E-state index in [0.29, 0.717) is 15.7 Å². The zero-order valence-corrected chi connectivity index (χ0v) is 15.7. The summed E-state index contributed by atoms with van der Waals surface area (Å²) in [6, 6.07) is 12.0. The van der Waals surface area contributed by atoms with Crippen LogP contribution in [0.4, 0.5) is 5.69 Å². The van der Waals surface area contributed by atoms with Crippen molar-refractivity contribution in [2.75, 3.05) is 12.4 Å². The highest BCUT2D eigenvalue weighted by molar-refractivity contribution is 9.10. The fraction of sp³-hybridized carbons (Fsp3) is 0.0588. The number of halogens is 2. The molecule has 0 spiro atoms. The molecular weight excluding hydrogens is 440 g/mol. The number of amides is 1. The topological polar surface area (TPSA) is 82.3 Å². The van der Waals surface area contributed by atoms with Crippen molar-refractivity contribution in [1.29, 1.82) is 5.26 Å². The van der Waals surface area contributed by atoms with Crippen LogP contribution >= 0.6 is 31.9 Å². The third-order valence-corrected chi connectivity index (χ3v) is 4.04. The Labute approximate surface area is 155 Å². The van der Waals surface area contributed by atoms with Gasteiger partial charge in [0.2, 0.25) is 0 Å². The van der Waals surface area contributed by atoms with Gasteiger partial charge in [-0.1, -0.05) is 31.9 Å². The van der Waals surface area contributed by atoms with Gasteiger partial charge in [-0.25, -0.2) is 0 Å². The fourth-order valence-electron chi connectivity index (χ4n) is 1.90. The van der Waals surface area contributed by atoms with E-state index in [1.54, 1.807) is 36.4 Å². The second-order valence-corrected chi connectivity index (χ2v) is 6.51. The lowest BCUT2D eigenvalue weighted by atomic mass is 10.1. The van der Waals surface area contributed by atoms with Gasteiger partial charge in [0.05, 0.1) is 7.11 Å². The zero-order chi connectivity index (χ0) is 17.7. The van der Waals surface area contributed by atoms with Crippen LogP contribution < -0.4 is 10.1 Å². The maximum absolute atomic E-state index is 12.2. The second kappa shape index (κ2) is 7.99. The van der Waals surface area contributed by atoms with E-state index in [1.807, 2.05) is 6.07 Å². The van der Waals surface area contributed by atoms with Gasteiger partial charge in [0, 0.05) is 20.2 Å². The summed E-state index contributed by atoms with van der Waals surface area (Å²) in [6.45, 7) is 0. The minimum atomic E-state index is -0.571. The molecule has 7 heteroatoms. The molecule has 0 fully saturated rings. The van der Waals surface area contributed by atoms with Crippen LogP contribution in [0.3, 0.4) is 0 Å². The lowest BCUT2D eigenvalue weighted by Crippen LogP contribution is -2.13. The van der Waals surface area contributed by atoms with E-state index in [9.17, 15) is 15.2 Å². The summed E-state index contributed by atoms with van der Waals surface area (Å²) >= 11 is 6.60. The number of carbonyl (C=O) groups is 1. The number of nitrogens with one attached hydrogen (secondary N) is 1. The number of methoxy groups -OCH3 is 1. The van der Waals surface area contributed by atoms with E-state index in [0.717, 1.165) is 4.47 Å². The summed E-state index contributed by atoms with van der Waals surface area (Å²) in [5.74, 6) is -0.482. The van der Waals surface area contributed by atoms with Gasteiger partial charge in [0.15, 0.2) is 11.5 Å². The van der Waals surface area contributed by atoms with Crippen molar-refractivity contribution >= 4 is 49.5 Å². The first-order valence-corrected chi connectivity index (χ1v) is 8.28. The normalized spacial score (nSPS) is 10.8. The summed E-state index contributed by atoms with van der Waals surface area (Å²) in [5, 5.41) is 22.0. The Balaban J connectivity index is 2.32. The molecule has 24 heavy (non-hydrogen) atoms. The number of benzene rings is 2. The molecule has 2 aromatic rings. The minimum absolute atomic E-state index is 0.145. The first-order chi connectivity index (χ1) is 11.4. The molecular formula is C17H12Br2N2O3. The first kappa shape index (κ1) is 18.0. The van der Waals surface area contributed by atoms with E-state index in [-0.39, 0.29) is 17.1 Å². The summed E-state index contributed by atoms with van der Waals surface area (Å²) in [7, 11) is 1.42. The first-order valence-electron chi connectivity index (χ1n) is 6.70. The van der Waals surface area contributed by atoms with E-state index in [4.69, 9.17) is 4.74 Å². The Kier molecular flexibility index (Phi) is 6.01. The van der Waals surface area contributed by atoms with Crippen LogP contribution in [0.2, 0.25) is 0 Å². The van der Waals surface area contributed by atoms with Crippen molar-refractivity contribution in [3.63, 3.8) is 0 Å². The number of phenolic OH excluding ortho intramolecular Hbond substituents is 1. The summed E-state index contributed by atoms with van der Waals surface area (Å²) < 4.78 is 6.58. The number of aromatic hydroxyl groups is 1. The number of hydrogen-bond acceptors (Lipinski definition) is 4. The monoisotopic (exact) mass is 450 g/mol. The molecule has 0 heterocycles. The van der Waals surface area contributed by atoms with Gasteiger partial charge < -0.3 is 15.2 Å². The molecule has 0 bridgehead atoms. The molecule has 2 aromatic carbocycles. The molecule has 1 amide bonds. The average molecular weight is 452 g/mol. The molecule has 0 aliphatic carbocycles. The lowest BCUT2D eigenvalue weighted by molar-refractivity contribution is -0.112. The summed E-state index contributed by atoms with van der Waals surface area (Å²) in [6.07, 6.45) is 1.30. The van der Waals surface area contributed by atoms with Crippen molar-refractivity contribution in [2.45, 2.75) is 0 Å². The standard InChI is InChI=1S/C17H12Br2N2O3/c1-24-15-8-13(19)7-10(16(15)22)6-11(9-20)17(23)21-14-4-2-12(18)3-5-14/h2-8,22H,1H3,(H,21,23)/b11-6-. The van der Waals surface area contributed by atoms with Crippen LogP contribution in [0, 0.1) is 11.3 Å². The number of hydrogen-bond donors (Lipinski definition) is 2. The van der Waals surface area contributed by atoms with Crippen LogP contribution in [0.5, 0.6) is 11.5 Å². The molecule has 5 nitrogen and oxygen atoms in total. The van der Waals surface area contributed by atoms with Gasteiger partial charge in [-0.05, 0) is 42.5 Å². The van der Waals surface area contributed by atoms with Gasteiger partial charge >= 0.3 is 0 Å². The predicted octanol–water partition coefficient (Wildman–Crippen LogP) is 4.47. The highest BCUT2D eigenvalue weighted by Gasteiger charge is 2.13. The Bertz CT molecular complexity index is 840. The van der Waals surface area contributed by atoms with Crippen LogP contribution in [0.15, 0.2) is 50.9 Å². The molecule has 0 saturated heterocycles. The van der Waals surface area contributed by atoms with Gasteiger partial charge in [-0.3, -0.25) is 4.79 Å². The summed E-state index contributed by atoms with van der Waals surface area (Å²) in [4.78, 5) is 12.2. The van der Waals surface area contributed by atoms with Crippen LogP contribution in [-0.2, 0) is 4.79 Å². The van der Waals surface area contributed by atoms with Crippen molar-refractivity contribution in [2.24, 2.45) is 0 Å². The second-order valence-electron chi connectivity index (χ2n) is 4.68. The Morgan fingerprint density at radius 2 is 1.92 bits per heavy atom. The average Bonchev–Trinajstić information content (AvgIpc) is 2.57. The highest BCUT2D eigenvalue weighted by Crippen LogP contribution is 2.34. The van der Waals surface area contributed by atoms with Gasteiger partial charge in [-0.15, -0.1) is 0 Å². The van der Waals surface area contributed by atoms with Crippen LogP contribution in [-0.4, -0.2) is 18.1 Å².